The van der Waals surface area contributed by atoms with E-state index in [0.717, 1.165) is 42.8 Å². The average molecular weight is 307 g/mol. The van der Waals surface area contributed by atoms with Gasteiger partial charge in [0.1, 0.15) is 5.03 Å². The van der Waals surface area contributed by atoms with Gasteiger partial charge in [-0.3, -0.25) is 9.59 Å². The van der Waals surface area contributed by atoms with E-state index in [1.54, 1.807) is 0 Å². The molecule has 2 N–H and O–H groups in total. The first-order chi connectivity index (χ1) is 9.91. The van der Waals surface area contributed by atoms with Gasteiger partial charge in [-0.15, -0.1) is 0 Å². The lowest BCUT2D eigenvalue weighted by atomic mass is 10.0. The number of likely N-dealkylation sites (tertiary alicyclic amines) is 1. The summed E-state index contributed by atoms with van der Waals surface area (Å²) in [5, 5.41) is 0.565. The van der Waals surface area contributed by atoms with Crippen molar-refractivity contribution in [1.82, 2.24) is 9.88 Å². The van der Waals surface area contributed by atoms with Crippen molar-refractivity contribution >= 4 is 23.6 Å². The third kappa shape index (κ3) is 3.37. The molecule has 2 rings (SSSR count). The third-order valence-electron chi connectivity index (χ3n) is 4.00. The van der Waals surface area contributed by atoms with E-state index in [1.807, 2.05) is 25.7 Å². The number of amides is 2. The minimum atomic E-state index is -0.487. The van der Waals surface area contributed by atoms with Gasteiger partial charge in [-0.2, -0.15) is 0 Å². The van der Waals surface area contributed by atoms with Gasteiger partial charge in [0.05, 0.1) is 11.3 Å². The summed E-state index contributed by atoms with van der Waals surface area (Å²) < 4.78 is 0. The predicted molar refractivity (Wildman–Crippen MR) is 83.5 cm³/mol. The number of hydrogen-bond acceptors (Lipinski definition) is 4. The molecule has 1 aromatic rings. The number of aryl methyl sites for hydroxylation is 1. The van der Waals surface area contributed by atoms with E-state index in [0.29, 0.717) is 16.3 Å². The molecule has 6 heteroatoms. The van der Waals surface area contributed by atoms with Gasteiger partial charge in [0.15, 0.2) is 0 Å². The summed E-state index contributed by atoms with van der Waals surface area (Å²) in [5.41, 5.74) is 8.61. The number of primary amides is 1. The van der Waals surface area contributed by atoms with Crippen LogP contribution in [0, 0.1) is 20.8 Å². The fourth-order valence-corrected chi connectivity index (χ4v) is 3.54. The van der Waals surface area contributed by atoms with Crippen LogP contribution in [0.15, 0.2) is 5.03 Å². The van der Waals surface area contributed by atoms with Crippen molar-refractivity contribution in [3.8, 4) is 0 Å². The zero-order valence-corrected chi connectivity index (χ0v) is 13.5. The van der Waals surface area contributed by atoms with E-state index in [2.05, 4.69) is 4.98 Å². The molecule has 0 spiro atoms. The van der Waals surface area contributed by atoms with E-state index in [1.165, 1.54) is 11.8 Å². The van der Waals surface area contributed by atoms with Gasteiger partial charge < -0.3 is 10.6 Å². The normalized spacial score (nSPS) is 14.5. The zero-order valence-electron chi connectivity index (χ0n) is 12.7. The maximum absolute atomic E-state index is 12.1. The highest BCUT2D eigenvalue weighted by Gasteiger charge is 2.21. The zero-order chi connectivity index (χ0) is 15.6. The molecule has 0 radical (unpaired) electrons. The van der Waals surface area contributed by atoms with Gasteiger partial charge in [-0.25, -0.2) is 4.98 Å². The maximum Gasteiger partial charge on any atom is 0.251 e. The van der Waals surface area contributed by atoms with Crippen LogP contribution >= 0.6 is 11.8 Å². The summed E-state index contributed by atoms with van der Waals surface area (Å²) in [7, 11) is 0. The summed E-state index contributed by atoms with van der Waals surface area (Å²) in [6.45, 7) is 7.37. The van der Waals surface area contributed by atoms with Crippen LogP contribution in [0.3, 0.4) is 0 Å². The smallest absolute Gasteiger partial charge is 0.251 e. The molecule has 1 saturated heterocycles. The van der Waals surface area contributed by atoms with E-state index < -0.39 is 5.91 Å². The number of carbonyl (C=O) groups excluding carboxylic acids is 2. The Balaban J connectivity index is 2.19. The van der Waals surface area contributed by atoms with Crippen molar-refractivity contribution in [1.29, 1.82) is 0 Å². The predicted octanol–water partition coefficient (Wildman–Crippen LogP) is 1.82. The second kappa shape index (κ2) is 6.47. The minimum absolute atomic E-state index is 0.102. The molecular formula is C15H21N3O2S. The molecule has 0 saturated carbocycles. The first-order valence-electron chi connectivity index (χ1n) is 7.10. The van der Waals surface area contributed by atoms with Crippen LogP contribution < -0.4 is 5.73 Å². The van der Waals surface area contributed by atoms with Gasteiger partial charge in [0.2, 0.25) is 5.91 Å². The first-order valence-corrected chi connectivity index (χ1v) is 8.08. The number of nitrogens with zero attached hydrogens (tertiary/aromatic N) is 2. The van der Waals surface area contributed by atoms with Crippen LogP contribution in [-0.2, 0) is 4.79 Å². The Labute approximate surface area is 129 Å². The van der Waals surface area contributed by atoms with Gasteiger partial charge >= 0.3 is 0 Å². The van der Waals surface area contributed by atoms with Gasteiger partial charge in [0, 0.05) is 18.8 Å². The van der Waals surface area contributed by atoms with Crippen LogP contribution in [0.2, 0.25) is 0 Å². The van der Waals surface area contributed by atoms with E-state index in [9.17, 15) is 9.59 Å². The Hall–Kier alpha value is -1.56. The van der Waals surface area contributed by atoms with Crippen molar-refractivity contribution < 1.29 is 9.59 Å². The molecule has 1 aliphatic heterocycles. The lowest BCUT2D eigenvalue weighted by Crippen LogP contribution is -2.29. The Morgan fingerprint density at radius 2 is 1.81 bits per heavy atom. The molecule has 5 nitrogen and oxygen atoms in total. The number of aromatic nitrogens is 1. The van der Waals surface area contributed by atoms with Crippen LogP contribution in [-0.4, -0.2) is 40.5 Å². The molecular weight excluding hydrogens is 286 g/mol. The topological polar surface area (TPSA) is 76.3 Å². The fraction of sp³-hybridized carbons (Fsp3) is 0.533. The molecule has 0 bridgehead atoms. The standard InChI is InChI=1S/C15H21N3O2S/c1-9-10(2)13(14(16)20)15(17-11(9)3)21-8-12(19)18-6-4-5-7-18/h4-8H2,1-3H3,(H2,16,20). The SMILES string of the molecule is Cc1nc(SCC(=O)N2CCCC2)c(C(N)=O)c(C)c1C. The molecule has 0 atom stereocenters. The van der Waals surface area contributed by atoms with Gasteiger partial charge in [-0.1, -0.05) is 11.8 Å². The minimum Gasteiger partial charge on any atom is -0.366 e. The summed E-state index contributed by atoms with van der Waals surface area (Å²) in [4.78, 5) is 30.1. The molecule has 21 heavy (non-hydrogen) atoms. The van der Waals surface area contributed by atoms with Crippen molar-refractivity contribution in [2.24, 2.45) is 5.73 Å². The maximum atomic E-state index is 12.1. The molecule has 1 aliphatic rings. The van der Waals surface area contributed by atoms with Crippen LogP contribution in [0.4, 0.5) is 0 Å². The van der Waals surface area contributed by atoms with Crippen LogP contribution in [0.5, 0.6) is 0 Å². The number of hydrogen-bond donors (Lipinski definition) is 1. The number of rotatable bonds is 4. The van der Waals surface area contributed by atoms with Gasteiger partial charge in [-0.05, 0) is 44.7 Å². The monoisotopic (exact) mass is 307 g/mol. The van der Waals surface area contributed by atoms with Crippen molar-refractivity contribution in [2.75, 3.05) is 18.8 Å². The highest BCUT2D eigenvalue weighted by Crippen LogP contribution is 2.27. The molecule has 2 amide bonds. The largest absolute Gasteiger partial charge is 0.366 e. The Morgan fingerprint density at radius 3 is 2.38 bits per heavy atom. The third-order valence-corrected chi connectivity index (χ3v) is 4.96. The average Bonchev–Trinajstić information content (AvgIpc) is 2.95. The van der Waals surface area contributed by atoms with Crippen LogP contribution in [0.25, 0.3) is 0 Å². The second-order valence-corrected chi connectivity index (χ2v) is 6.33. The summed E-state index contributed by atoms with van der Waals surface area (Å²) >= 11 is 1.30. The quantitative estimate of drug-likeness (QED) is 0.861. The number of carbonyl (C=O) groups is 2. The Morgan fingerprint density at radius 1 is 1.19 bits per heavy atom. The molecule has 1 aromatic heterocycles. The number of thioether (sulfide) groups is 1. The molecule has 0 unspecified atom stereocenters. The van der Waals surface area contributed by atoms with Gasteiger partial charge in [0.25, 0.3) is 5.91 Å². The summed E-state index contributed by atoms with van der Waals surface area (Å²) in [5.74, 6) is -0.0836. The number of nitrogens with two attached hydrogens (primary N) is 1. The molecule has 114 valence electrons. The molecule has 2 heterocycles. The lowest BCUT2D eigenvalue weighted by molar-refractivity contribution is -0.127. The fourth-order valence-electron chi connectivity index (χ4n) is 2.49. The highest BCUT2D eigenvalue weighted by atomic mass is 32.2. The lowest BCUT2D eigenvalue weighted by Gasteiger charge is -2.16. The van der Waals surface area contributed by atoms with Crippen molar-refractivity contribution in [2.45, 2.75) is 38.6 Å². The highest BCUT2D eigenvalue weighted by molar-refractivity contribution is 8.00. The molecule has 1 fully saturated rings. The molecule has 0 aliphatic carbocycles. The Bertz CT molecular complexity index is 581. The van der Waals surface area contributed by atoms with Crippen molar-refractivity contribution in [3.05, 3.63) is 22.4 Å². The van der Waals surface area contributed by atoms with E-state index in [4.69, 9.17) is 5.73 Å². The first kappa shape index (κ1) is 15.8. The second-order valence-electron chi connectivity index (χ2n) is 5.37. The van der Waals surface area contributed by atoms with E-state index in [-0.39, 0.29) is 5.91 Å². The number of pyridine rings is 1. The summed E-state index contributed by atoms with van der Waals surface area (Å²) in [6, 6.07) is 0. The Kier molecular flexibility index (Phi) is 4.88. The summed E-state index contributed by atoms with van der Waals surface area (Å²) in [6.07, 6.45) is 2.15. The molecule has 0 aromatic carbocycles. The van der Waals surface area contributed by atoms with Crippen LogP contribution in [0.1, 0.15) is 40.0 Å². The van der Waals surface area contributed by atoms with E-state index >= 15 is 0 Å². The van der Waals surface area contributed by atoms with Crippen molar-refractivity contribution in [3.63, 3.8) is 0 Å².